The van der Waals surface area contributed by atoms with Crippen LogP contribution in [-0.2, 0) is 11.2 Å². The quantitative estimate of drug-likeness (QED) is 0.904. The number of halogens is 2. The van der Waals surface area contributed by atoms with Crippen molar-refractivity contribution in [3.05, 3.63) is 34.9 Å². The SMILES string of the molecule is C[C@@H]1CNCCN1C(=O)Cc1ccccc1Cl.Cl. The van der Waals surface area contributed by atoms with Crippen molar-refractivity contribution in [1.82, 2.24) is 10.2 Å². The minimum Gasteiger partial charge on any atom is -0.337 e. The van der Waals surface area contributed by atoms with Gasteiger partial charge in [0.2, 0.25) is 5.91 Å². The highest BCUT2D eigenvalue weighted by Gasteiger charge is 2.23. The first-order chi connectivity index (χ1) is 8.18. The minimum atomic E-state index is 0. The molecule has 1 aliphatic rings. The summed E-state index contributed by atoms with van der Waals surface area (Å²) in [6.45, 7) is 4.59. The predicted molar refractivity (Wildman–Crippen MR) is 76.4 cm³/mol. The van der Waals surface area contributed by atoms with E-state index < -0.39 is 0 Å². The molecule has 0 radical (unpaired) electrons. The molecular formula is C13H18Cl2N2O. The van der Waals surface area contributed by atoms with Crippen LogP contribution >= 0.6 is 24.0 Å². The third-order valence-electron chi connectivity index (χ3n) is 3.12. The van der Waals surface area contributed by atoms with E-state index in [1.807, 2.05) is 29.2 Å². The second-order valence-electron chi connectivity index (χ2n) is 4.41. The van der Waals surface area contributed by atoms with Gasteiger partial charge in [0.15, 0.2) is 0 Å². The van der Waals surface area contributed by atoms with Gasteiger partial charge in [0.25, 0.3) is 0 Å². The first-order valence-electron chi connectivity index (χ1n) is 5.92. The number of nitrogens with zero attached hydrogens (tertiary/aromatic N) is 1. The molecule has 0 aromatic heterocycles. The van der Waals surface area contributed by atoms with Gasteiger partial charge in [-0.25, -0.2) is 0 Å². The monoisotopic (exact) mass is 288 g/mol. The van der Waals surface area contributed by atoms with Crippen LogP contribution in [0.5, 0.6) is 0 Å². The molecule has 0 unspecified atom stereocenters. The van der Waals surface area contributed by atoms with Crippen molar-refractivity contribution >= 4 is 29.9 Å². The highest BCUT2D eigenvalue weighted by molar-refractivity contribution is 6.31. The van der Waals surface area contributed by atoms with Crippen molar-refractivity contribution in [3.8, 4) is 0 Å². The fourth-order valence-corrected chi connectivity index (χ4v) is 2.32. The standard InChI is InChI=1S/C13H17ClN2O.ClH/c1-10-9-15-6-7-16(10)13(17)8-11-4-2-3-5-12(11)14;/h2-5,10,15H,6-9H2,1H3;1H/t10-;/m1./s1. The molecule has 1 heterocycles. The van der Waals surface area contributed by atoms with Crippen molar-refractivity contribution in [2.24, 2.45) is 0 Å². The van der Waals surface area contributed by atoms with Gasteiger partial charge in [-0.1, -0.05) is 29.8 Å². The van der Waals surface area contributed by atoms with Crippen molar-refractivity contribution in [3.63, 3.8) is 0 Å². The lowest BCUT2D eigenvalue weighted by molar-refractivity contribution is -0.133. The van der Waals surface area contributed by atoms with Crippen LogP contribution in [-0.4, -0.2) is 36.5 Å². The highest BCUT2D eigenvalue weighted by atomic mass is 35.5. The zero-order chi connectivity index (χ0) is 12.3. The molecule has 18 heavy (non-hydrogen) atoms. The van der Waals surface area contributed by atoms with Gasteiger partial charge in [-0.05, 0) is 18.6 Å². The number of rotatable bonds is 2. The number of hydrogen-bond acceptors (Lipinski definition) is 2. The average molecular weight is 289 g/mol. The second-order valence-corrected chi connectivity index (χ2v) is 4.82. The summed E-state index contributed by atoms with van der Waals surface area (Å²) in [5.74, 6) is 0.159. The lowest BCUT2D eigenvalue weighted by atomic mass is 10.1. The van der Waals surface area contributed by atoms with E-state index in [1.165, 1.54) is 0 Å². The Kier molecular flexibility index (Phi) is 5.93. The number of benzene rings is 1. The smallest absolute Gasteiger partial charge is 0.227 e. The van der Waals surface area contributed by atoms with E-state index in [0.717, 1.165) is 25.2 Å². The minimum absolute atomic E-state index is 0. The second kappa shape index (κ2) is 6.98. The van der Waals surface area contributed by atoms with Crippen molar-refractivity contribution in [2.75, 3.05) is 19.6 Å². The van der Waals surface area contributed by atoms with Crippen molar-refractivity contribution < 1.29 is 4.79 Å². The van der Waals surface area contributed by atoms with Crippen LogP contribution in [0, 0.1) is 0 Å². The lowest BCUT2D eigenvalue weighted by Crippen LogP contribution is -2.52. The van der Waals surface area contributed by atoms with Gasteiger partial charge in [-0.2, -0.15) is 0 Å². The first-order valence-corrected chi connectivity index (χ1v) is 6.30. The van der Waals surface area contributed by atoms with Crippen LogP contribution in [0.25, 0.3) is 0 Å². The van der Waals surface area contributed by atoms with Crippen LogP contribution in [0.2, 0.25) is 5.02 Å². The van der Waals surface area contributed by atoms with Crippen LogP contribution in [0.4, 0.5) is 0 Å². The summed E-state index contributed by atoms with van der Waals surface area (Å²) in [6.07, 6.45) is 0.393. The Hall–Kier alpha value is -0.770. The zero-order valence-corrected chi connectivity index (χ0v) is 11.9. The highest BCUT2D eigenvalue weighted by Crippen LogP contribution is 2.17. The molecule has 5 heteroatoms. The van der Waals surface area contributed by atoms with E-state index in [-0.39, 0.29) is 24.4 Å². The molecule has 1 aromatic carbocycles. The van der Waals surface area contributed by atoms with Crippen molar-refractivity contribution in [2.45, 2.75) is 19.4 Å². The van der Waals surface area contributed by atoms with E-state index >= 15 is 0 Å². The van der Waals surface area contributed by atoms with Gasteiger partial charge in [-0.3, -0.25) is 4.79 Å². The molecule has 3 nitrogen and oxygen atoms in total. The number of piperazine rings is 1. The summed E-state index contributed by atoms with van der Waals surface area (Å²) in [7, 11) is 0. The molecule has 0 saturated carbocycles. The van der Waals surface area contributed by atoms with Crippen molar-refractivity contribution in [1.29, 1.82) is 0 Å². The number of carbonyl (C=O) groups is 1. The molecule has 0 bridgehead atoms. The van der Waals surface area contributed by atoms with Gasteiger partial charge in [-0.15, -0.1) is 12.4 Å². The van der Waals surface area contributed by atoms with Gasteiger partial charge in [0.05, 0.1) is 6.42 Å². The Balaban J connectivity index is 0.00000162. The summed E-state index contributed by atoms with van der Waals surface area (Å²) < 4.78 is 0. The van der Waals surface area contributed by atoms with Gasteiger partial charge < -0.3 is 10.2 Å². The Morgan fingerprint density at radius 2 is 2.22 bits per heavy atom. The number of carbonyl (C=O) groups excluding carboxylic acids is 1. The Bertz CT molecular complexity index is 412. The molecular weight excluding hydrogens is 271 g/mol. The summed E-state index contributed by atoms with van der Waals surface area (Å²) in [6, 6.07) is 7.79. The van der Waals surface area contributed by atoms with E-state index in [0.29, 0.717) is 11.4 Å². The van der Waals surface area contributed by atoms with Gasteiger partial charge in [0, 0.05) is 30.7 Å². The number of amides is 1. The van der Waals surface area contributed by atoms with E-state index in [4.69, 9.17) is 11.6 Å². The number of nitrogens with one attached hydrogen (secondary N) is 1. The molecule has 1 amide bonds. The maximum absolute atomic E-state index is 12.2. The molecule has 1 aromatic rings. The molecule has 1 saturated heterocycles. The zero-order valence-electron chi connectivity index (χ0n) is 10.4. The molecule has 0 aliphatic carbocycles. The van der Waals surface area contributed by atoms with Crippen LogP contribution in [0.1, 0.15) is 12.5 Å². The Morgan fingerprint density at radius 1 is 1.50 bits per heavy atom. The maximum Gasteiger partial charge on any atom is 0.227 e. The molecule has 1 atom stereocenters. The average Bonchev–Trinajstić information content (AvgIpc) is 2.32. The molecule has 1 aliphatic heterocycles. The lowest BCUT2D eigenvalue weighted by Gasteiger charge is -2.34. The van der Waals surface area contributed by atoms with Crippen LogP contribution in [0.15, 0.2) is 24.3 Å². The van der Waals surface area contributed by atoms with E-state index in [1.54, 1.807) is 0 Å². The summed E-state index contributed by atoms with van der Waals surface area (Å²) in [5, 5.41) is 3.94. The summed E-state index contributed by atoms with van der Waals surface area (Å²) in [5.41, 5.74) is 0.907. The maximum atomic E-state index is 12.2. The Labute approximate surface area is 119 Å². The normalized spacial score (nSPS) is 19.2. The molecule has 100 valence electrons. The van der Waals surface area contributed by atoms with Gasteiger partial charge >= 0.3 is 0 Å². The van der Waals surface area contributed by atoms with Crippen LogP contribution in [0.3, 0.4) is 0 Å². The molecule has 1 N–H and O–H groups in total. The van der Waals surface area contributed by atoms with Crippen LogP contribution < -0.4 is 5.32 Å². The van der Waals surface area contributed by atoms with E-state index in [2.05, 4.69) is 12.2 Å². The predicted octanol–water partition coefficient (Wildman–Crippen LogP) is 2.12. The fraction of sp³-hybridized carbons (Fsp3) is 0.462. The third-order valence-corrected chi connectivity index (χ3v) is 3.49. The van der Waals surface area contributed by atoms with Gasteiger partial charge in [0.1, 0.15) is 0 Å². The fourth-order valence-electron chi connectivity index (χ4n) is 2.12. The summed E-state index contributed by atoms with van der Waals surface area (Å²) in [4.78, 5) is 14.1. The molecule has 2 rings (SSSR count). The molecule has 1 fully saturated rings. The third kappa shape index (κ3) is 3.61. The summed E-state index contributed by atoms with van der Waals surface area (Å²) >= 11 is 6.06. The topological polar surface area (TPSA) is 32.3 Å². The molecule has 0 spiro atoms. The first kappa shape index (κ1) is 15.3. The largest absolute Gasteiger partial charge is 0.337 e. The Morgan fingerprint density at radius 3 is 2.89 bits per heavy atom. The number of hydrogen-bond donors (Lipinski definition) is 1. The van der Waals surface area contributed by atoms with E-state index in [9.17, 15) is 4.79 Å².